The smallest absolute Gasteiger partial charge is 0.291 e. The van der Waals surface area contributed by atoms with Gasteiger partial charge >= 0.3 is 6.06 Å². The standard InChI is InChI=1S/C15H30IN3Si/c16-20(17-10-4-1-5-11-17,18-12-6-2-7-13-18)19-14-8-3-9-15-19/h1-15H2. The highest BCUT2D eigenvalue weighted by Crippen LogP contribution is 2.34. The number of hydrogen-bond acceptors (Lipinski definition) is 3. The number of rotatable bonds is 3. The Balaban J connectivity index is 1.79. The van der Waals surface area contributed by atoms with Crippen molar-refractivity contribution in [2.75, 3.05) is 39.3 Å². The molecule has 3 rings (SSSR count). The van der Waals surface area contributed by atoms with Crippen molar-refractivity contribution in [1.29, 1.82) is 0 Å². The van der Waals surface area contributed by atoms with Crippen molar-refractivity contribution in [3.8, 4) is 0 Å². The van der Waals surface area contributed by atoms with Gasteiger partial charge in [0.15, 0.2) is 0 Å². The first-order valence-electron chi connectivity index (χ1n) is 8.76. The Labute approximate surface area is 138 Å². The summed E-state index contributed by atoms with van der Waals surface area (Å²) in [6.45, 7) is 8.18. The molecule has 3 aliphatic heterocycles. The molecule has 3 aliphatic rings. The van der Waals surface area contributed by atoms with Gasteiger partial charge in [0.25, 0.3) is 0 Å². The Bertz CT molecular complexity index is 252. The maximum absolute atomic E-state index is 2.95. The van der Waals surface area contributed by atoms with Crippen LogP contribution in [0.1, 0.15) is 57.8 Å². The predicted octanol–water partition coefficient (Wildman–Crippen LogP) is 3.31. The molecule has 0 radical (unpaired) electrons. The van der Waals surface area contributed by atoms with E-state index >= 15 is 0 Å². The summed E-state index contributed by atoms with van der Waals surface area (Å²) < 4.78 is 8.81. The molecule has 0 unspecified atom stereocenters. The van der Waals surface area contributed by atoms with E-state index in [1.165, 1.54) is 97.1 Å². The van der Waals surface area contributed by atoms with Gasteiger partial charge in [-0.3, -0.25) is 13.7 Å². The van der Waals surface area contributed by atoms with E-state index in [1.807, 2.05) is 0 Å². The van der Waals surface area contributed by atoms with Crippen molar-refractivity contribution >= 4 is 27.9 Å². The molecule has 116 valence electrons. The zero-order valence-electron chi connectivity index (χ0n) is 12.8. The molecule has 0 atom stereocenters. The maximum Gasteiger partial charge on any atom is 0.358 e. The number of halogens is 1. The molecule has 0 saturated carbocycles. The van der Waals surface area contributed by atoms with Gasteiger partial charge in [0, 0.05) is 0 Å². The highest BCUT2D eigenvalue weighted by Gasteiger charge is 2.50. The van der Waals surface area contributed by atoms with E-state index in [0.29, 0.717) is 0 Å². The highest BCUT2D eigenvalue weighted by atomic mass is 127. The minimum atomic E-state index is -1.58. The summed E-state index contributed by atoms with van der Waals surface area (Å²) in [5, 5.41) is 0. The van der Waals surface area contributed by atoms with Crippen molar-refractivity contribution in [2.45, 2.75) is 57.8 Å². The van der Waals surface area contributed by atoms with Gasteiger partial charge < -0.3 is 0 Å². The average Bonchev–Trinajstić information content (AvgIpc) is 2.56. The fourth-order valence-corrected chi connectivity index (χ4v) is 12.3. The predicted molar refractivity (Wildman–Crippen MR) is 96.0 cm³/mol. The van der Waals surface area contributed by atoms with E-state index in [9.17, 15) is 0 Å². The van der Waals surface area contributed by atoms with Gasteiger partial charge in [0.05, 0.1) is 0 Å². The molecule has 3 nitrogen and oxygen atoms in total. The van der Waals surface area contributed by atoms with Gasteiger partial charge in [-0.05, 0) is 77.8 Å². The zero-order chi connectivity index (χ0) is 13.8. The SMILES string of the molecule is I[Si](N1CCCCC1)(N1CCCCC1)N1CCCCC1. The third-order valence-corrected chi connectivity index (χ3v) is 15.2. The molecule has 0 aromatic carbocycles. The monoisotopic (exact) mass is 407 g/mol. The minimum Gasteiger partial charge on any atom is -0.291 e. The quantitative estimate of drug-likeness (QED) is 0.404. The van der Waals surface area contributed by atoms with Gasteiger partial charge in [0.1, 0.15) is 0 Å². The first kappa shape index (κ1) is 15.7. The van der Waals surface area contributed by atoms with Crippen LogP contribution in [-0.4, -0.2) is 59.0 Å². The Morgan fingerprint density at radius 2 is 0.700 bits per heavy atom. The third kappa shape index (κ3) is 3.26. The second-order valence-corrected chi connectivity index (χ2v) is 14.0. The first-order chi connectivity index (χ1) is 9.82. The molecular formula is C15H30IN3Si. The van der Waals surface area contributed by atoms with Crippen LogP contribution >= 0.6 is 21.8 Å². The van der Waals surface area contributed by atoms with Crippen LogP contribution in [-0.2, 0) is 0 Å². The van der Waals surface area contributed by atoms with Gasteiger partial charge in [0.2, 0.25) is 0 Å². The maximum atomic E-state index is 2.95. The molecule has 0 aliphatic carbocycles. The second kappa shape index (κ2) is 7.40. The summed E-state index contributed by atoms with van der Waals surface area (Å²) in [4.78, 5) is 0. The Morgan fingerprint density at radius 3 is 0.950 bits per heavy atom. The summed E-state index contributed by atoms with van der Waals surface area (Å²) in [7, 11) is 0. The molecule has 0 bridgehead atoms. The van der Waals surface area contributed by atoms with E-state index in [0.717, 1.165) is 0 Å². The van der Waals surface area contributed by atoms with Crippen LogP contribution in [0.4, 0.5) is 0 Å². The van der Waals surface area contributed by atoms with Crippen molar-refractivity contribution in [1.82, 2.24) is 13.7 Å². The number of nitrogens with zero attached hydrogens (tertiary/aromatic N) is 3. The lowest BCUT2D eigenvalue weighted by molar-refractivity contribution is 0.208. The summed E-state index contributed by atoms with van der Waals surface area (Å²) in [5.41, 5.74) is 0. The number of piperidine rings is 3. The normalized spacial score (nSPS) is 28.6. The van der Waals surface area contributed by atoms with Gasteiger partial charge in [-0.15, -0.1) is 0 Å². The molecule has 0 aromatic rings. The largest absolute Gasteiger partial charge is 0.358 e. The fraction of sp³-hybridized carbons (Fsp3) is 1.00. The first-order valence-corrected chi connectivity index (χ1v) is 13.7. The van der Waals surface area contributed by atoms with E-state index in [-0.39, 0.29) is 0 Å². The molecule has 0 N–H and O–H groups in total. The Hall–Kier alpha value is 0.827. The van der Waals surface area contributed by atoms with Crippen LogP contribution in [0.3, 0.4) is 0 Å². The molecule has 0 aromatic heterocycles. The Kier molecular flexibility index (Phi) is 5.81. The molecule has 5 heteroatoms. The van der Waals surface area contributed by atoms with E-state index in [2.05, 4.69) is 35.5 Å². The van der Waals surface area contributed by atoms with Crippen molar-refractivity contribution in [3.63, 3.8) is 0 Å². The summed E-state index contributed by atoms with van der Waals surface area (Å²) in [6.07, 6.45) is 12.9. The van der Waals surface area contributed by atoms with Crippen LogP contribution in [0.25, 0.3) is 0 Å². The van der Waals surface area contributed by atoms with E-state index in [4.69, 9.17) is 0 Å². The van der Waals surface area contributed by atoms with Crippen molar-refractivity contribution in [2.24, 2.45) is 0 Å². The van der Waals surface area contributed by atoms with Crippen molar-refractivity contribution < 1.29 is 0 Å². The highest BCUT2D eigenvalue weighted by molar-refractivity contribution is 14.1. The lowest BCUT2D eigenvalue weighted by Crippen LogP contribution is -2.73. The van der Waals surface area contributed by atoms with Crippen LogP contribution < -0.4 is 0 Å². The summed E-state index contributed by atoms with van der Waals surface area (Å²) in [6, 6.07) is -1.58. The van der Waals surface area contributed by atoms with Gasteiger partial charge in [-0.2, -0.15) is 0 Å². The molecule has 0 amide bonds. The van der Waals surface area contributed by atoms with Crippen LogP contribution in [0.5, 0.6) is 0 Å². The third-order valence-electron chi connectivity index (χ3n) is 5.28. The summed E-state index contributed by atoms with van der Waals surface area (Å²) in [5.74, 6) is 0. The lowest BCUT2D eigenvalue weighted by atomic mass is 10.2. The summed E-state index contributed by atoms with van der Waals surface area (Å²) >= 11 is 2.95. The van der Waals surface area contributed by atoms with E-state index < -0.39 is 6.06 Å². The van der Waals surface area contributed by atoms with Gasteiger partial charge in [-0.25, -0.2) is 0 Å². The molecule has 3 heterocycles. The van der Waals surface area contributed by atoms with Crippen LogP contribution in [0.15, 0.2) is 0 Å². The fourth-order valence-electron chi connectivity index (χ4n) is 4.14. The molecule has 0 spiro atoms. The van der Waals surface area contributed by atoms with Crippen LogP contribution in [0.2, 0.25) is 0 Å². The zero-order valence-corrected chi connectivity index (χ0v) is 16.0. The molecule has 3 fully saturated rings. The lowest BCUT2D eigenvalue weighted by Gasteiger charge is -2.53. The topological polar surface area (TPSA) is 9.72 Å². The minimum absolute atomic E-state index is 1.36. The molecular weight excluding hydrogens is 377 g/mol. The van der Waals surface area contributed by atoms with E-state index in [1.54, 1.807) is 0 Å². The Morgan fingerprint density at radius 1 is 0.450 bits per heavy atom. The molecule has 20 heavy (non-hydrogen) atoms. The van der Waals surface area contributed by atoms with Crippen LogP contribution in [0, 0.1) is 0 Å². The second-order valence-electron chi connectivity index (χ2n) is 6.70. The average molecular weight is 407 g/mol. The van der Waals surface area contributed by atoms with Gasteiger partial charge in [-0.1, -0.05) is 41.1 Å². The van der Waals surface area contributed by atoms with Crippen molar-refractivity contribution in [3.05, 3.63) is 0 Å². The molecule has 3 saturated heterocycles. The number of hydrogen-bond donors (Lipinski definition) is 0.